The SMILES string of the molecule is CCNC(=O)Cn1cc(-c2ccc(C)cc2)nn1. The Labute approximate surface area is 106 Å². The van der Waals surface area contributed by atoms with Gasteiger partial charge >= 0.3 is 0 Å². The van der Waals surface area contributed by atoms with Crippen molar-refractivity contribution in [1.29, 1.82) is 0 Å². The summed E-state index contributed by atoms with van der Waals surface area (Å²) >= 11 is 0. The smallest absolute Gasteiger partial charge is 0.241 e. The number of rotatable bonds is 4. The summed E-state index contributed by atoms with van der Waals surface area (Å²) in [4.78, 5) is 11.4. The molecule has 1 N–H and O–H groups in total. The fourth-order valence-electron chi connectivity index (χ4n) is 1.63. The van der Waals surface area contributed by atoms with Gasteiger partial charge in [0.1, 0.15) is 12.2 Å². The molecule has 2 aromatic rings. The summed E-state index contributed by atoms with van der Waals surface area (Å²) in [6.45, 7) is 4.75. The molecule has 0 saturated carbocycles. The molecule has 0 aliphatic heterocycles. The highest BCUT2D eigenvalue weighted by atomic mass is 16.2. The zero-order valence-electron chi connectivity index (χ0n) is 10.6. The first-order valence-electron chi connectivity index (χ1n) is 5.93. The molecule has 0 aliphatic rings. The quantitative estimate of drug-likeness (QED) is 0.884. The highest BCUT2D eigenvalue weighted by Crippen LogP contribution is 2.16. The number of aromatic nitrogens is 3. The van der Waals surface area contributed by atoms with Gasteiger partial charge in [0.25, 0.3) is 0 Å². The molecule has 0 radical (unpaired) electrons. The Hall–Kier alpha value is -2.17. The maximum atomic E-state index is 11.4. The van der Waals surface area contributed by atoms with Crippen LogP contribution in [0, 0.1) is 6.92 Å². The van der Waals surface area contributed by atoms with Crippen LogP contribution in [0.3, 0.4) is 0 Å². The summed E-state index contributed by atoms with van der Waals surface area (Å²) < 4.78 is 1.54. The summed E-state index contributed by atoms with van der Waals surface area (Å²) in [5.74, 6) is -0.0575. The van der Waals surface area contributed by atoms with Gasteiger partial charge in [-0.2, -0.15) is 0 Å². The fourth-order valence-corrected chi connectivity index (χ4v) is 1.63. The molecule has 0 atom stereocenters. The Bertz CT molecular complexity index is 530. The predicted molar refractivity (Wildman–Crippen MR) is 68.9 cm³/mol. The van der Waals surface area contributed by atoms with Crippen LogP contribution in [-0.2, 0) is 11.3 Å². The zero-order chi connectivity index (χ0) is 13.0. The van der Waals surface area contributed by atoms with Crippen molar-refractivity contribution in [1.82, 2.24) is 20.3 Å². The highest BCUT2D eigenvalue weighted by molar-refractivity contribution is 5.75. The third kappa shape index (κ3) is 2.94. The molecule has 2 rings (SSSR count). The van der Waals surface area contributed by atoms with E-state index < -0.39 is 0 Å². The molecule has 1 heterocycles. The fraction of sp³-hybridized carbons (Fsp3) is 0.308. The number of carbonyl (C=O) groups excluding carboxylic acids is 1. The van der Waals surface area contributed by atoms with Crippen molar-refractivity contribution in [2.24, 2.45) is 0 Å². The lowest BCUT2D eigenvalue weighted by molar-refractivity contribution is -0.121. The van der Waals surface area contributed by atoms with Crippen LogP contribution in [0.4, 0.5) is 0 Å². The van der Waals surface area contributed by atoms with Crippen LogP contribution in [-0.4, -0.2) is 27.4 Å². The van der Waals surface area contributed by atoms with Gasteiger partial charge in [0.2, 0.25) is 5.91 Å². The molecular weight excluding hydrogens is 228 g/mol. The third-order valence-electron chi connectivity index (χ3n) is 2.57. The van der Waals surface area contributed by atoms with Gasteiger partial charge in [0.15, 0.2) is 0 Å². The van der Waals surface area contributed by atoms with Gasteiger partial charge in [0, 0.05) is 12.1 Å². The summed E-state index contributed by atoms with van der Waals surface area (Å²) in [5.41, 5.74) is 2.98. The van der Waals surface area contributed by atoms with Gasteiger partial charge in [-0.05, 0) is 13.8 Å². The van der Waals surface area contributed by atoms with Crippen molar-refractivity contribution in [3.63, 3.8) is 0 Å². The number of likely N-dealkylation sites (N-methyl/N-ethyl adjacent to an activating group) is 1. The first kappa shape index (κ1) is 12.3. The second-order valence-corrected chi connectivity index (χ2v) is 4.12. The minimum atomic E-state index is -0.0575. The standard InChI is InChI=1S/C13H16N4O/c1-3-14-13(18)9-17-8-12(15-16-17)11-6-4-10(2)5-7-11/h4-8H,3,9H2,1-2H3,(H,14,18). The molecule has 0 spiro atoms. The van der Waals surface area contributed by atoms with E-state index in [0.717, 1.165) is 11.3 Å². The molecule has 0 unspecified atom stereocenters. The monoisotopic (exact) mass is 244 g/mol. The van der Waals surface area contributed by atoms with E-state index >= 15 is 0 Å². The second kappa shape index (κ2) is 5.44. The number of hydrogen-bond donors (Lipinski definition) is 1. The second-order valence-electron chi connectivity index (χ2n) is 4.12. The molecule has 18 heavy (non-hydrogen) atoms. The lowest BCUT2D eigenvalue weighted by Gasteiger charge is -2.00. The molecule has 0 bridgehead atoms. The van der Waals surface area contributed by atoms with Gasteiger partial charge in [0.05, 0.1) is 6.20 Å². The Morgan fingerprint density at radius 3 is 2.72 bits per heavy atom. The molecule has 1 aromatic heterocycles. The van der Waals surface area contributed by atoms with Gasteiger partial charge < -0.3 is 5.32 Å². The average Bonchev–Trinajstić information content (AvgIpc) is 2.78. The van der Waals surface area contributed by atoms with E-state index in [9.17, 15) is 4.79 Å². The third-order valence-corrected chi connectivity index (χ3v) is 2.57. The first-order valence-corrected chi connectivity index (χ1v) is 5.93. The summed E-state index contributed by atoms with van der Waals surface area (Å²) in [6, 6.07) is 8.04. The Balaban J connectivity index is 2.10. The number of amides is 1. The minimum absolute atomic E-state index is 0.0575. The van der Waals surface area contributed by atoms with Crippen molar-refractivity contribution in [2.75, 3.05) is 6.54 Å². The lowest BCUT2D eigenvalue weighted by Crippen LogP contribution is -2.27. The molecule has 5 heteroatoms. The van der Waals surface area contributed by atoms with Crippen LogP contribution >= 0.6 is 0 Å². The number of carbonyl (C=O) groups is 1. The van der Waals surface area contributed by atoms with Crippen molar-refractivity contribution in [2.45, 2.75) is 20.4 Å². The van der Waals surface area contributed by atoms with E-state index in [2.05, 4.69) is 15.6 Å². The van der Waals surface area contributed by atoms with Gasteiger partial charge in [-0.15, -0.1) is 5.10 Å². The number of nitrogens with one attached hydrogen (secondary N) is 1. The molecule has 0 aliphatic carbocycles. The maximum absolute atomic E-state index is 11.4. The van der Waals surface area contributed by atoms with Crippen molar-refractivity contribution >= 4 is 5.91 Å². The van der Waals surface area contributed by atoms with Crippen molar-refractivity contribution < 1.29 is 4.79 Å². The van der Waals surface area contributed by atoms with Gasteiger partial charge in [-0.25, -0.2) is 4.68 Å². The molecule has 1 amide bonds. The minimum Gasteiger partial charge on any atom is -0.355 e. The van der Waals surface area contributed by atoms with E-state index in [1.807, 2.05) is 38.1 Å². The zero-order valence-corrected chi connectivity index (χ0v) is 10.6. The van der Waals surface area contributed by atoms with E-state index in [4.69, 9.17) is 0 Å². The van der Waals surface area contributed by atoms with E-state index in [0.29, 0.717) is 6.54 Å². The Morgan fingerprint density at radius 2 is 2.06 bits per heavy atom. The number of aryl methyl sites for hydroxylation is 1. The van der Waals surface area contributed by atoms with Crippen molar-refractivity contribution in [3.05, 3.63) is 36.0 Å². The van der Waals surface area contributed by atoms with Crippen LogP contribution in [0.15, 0.2) is 30.5 Å². The number of benzene rings is 1. The number of hydrogen-bond acceptors (Lipinski definition) is 3. The van der Waals surface area contributed by atoms with Crippen LogP contribution in [0.25, 0.3) is 11.3 Å². The van der Waals surface area contributed by atoms with Crippen molar-refractivity contribution in [3.8, 4) is 11.3 Å². The van der Waals surface area contributed by atoms with E-state index in [1.54, 1.807) is 10.9 Å². The van der Waals surface area contributed by atoms with Crippen LogP contribution < -0.4 is 5.32 Å². The number of nitrogens with zero attached hydrogens (tertiary/aromatic N) is 3. The molecule has 0 saturated heterocycles. The molecule has 0 fully saturated rings. The Kier molecular flexibility index (Phi) is 3.72. The van der Waals surface area contributed by atoms with E-state index in [1.165, 1.54) is 5.56 Å². The average molecular weight is 244 g/mol. The predicted octanol–water partition coefficient (Wildman–Crippen LogP) is 1.39. The topological polar surface area (TPSA) is 59.8 Å². The van der Waals surface area contributed by atoms with E-state index in [-0.39, 0.29) is 12.5 Å². The van der Waals surface area contributed by atoms with Gasteiger partial charge in [-0.3, -0.25) is 4.79 Å². The van der Waals surface area contributed by atoms with Crippen LogP contribution in [0.5, 0.6) is 0 Å². The Morgan fingerprint density at radius 1 is 1.33 bits per heavy atom. The van der Waals surface area contributed by atoms with Crippen LogP contribution in [0.2, 0.25) is 0 Å². The maximum Gasteiger partial charge on any atom is 0.241 e. The molecule has 5 nitrogen and oxygen atoms in total. The normalized spacial score (nSPS) is 10.3. The molecule has 1 aromatic carbocycles. The molecular formula is C13H16N4O. The first-order chi connectivity index (χ1) is 8.69. The lowest BCUT2D eigenvalue weighted by atomic mass is 10.1. The largest absolute Gasteiger partial charge is 0.355 e. The summed E-state index contributed by atoms with van der Waals surface area (Å²) in [5, 5.41) is 10.7. The highest BCUT2D eigenvalue weighted by Gasteiger charge is 2.06. The molecule has 94 valence electrons. The van der Waals surface area contributed by atoms with Gasteiger partial charge in [-0.1, -0.05) is 35.0 Å². The summed E-state index contributed by atoms with van der Waals surface area (Å²) in [6.07, 6.45) is 1.78. The summed E-state index contributed by atoms with van der Waals surface area (Å²) in [7, 11) is 0. The van der Waals surface area contributed by atoms with Crippen LogP contribution in [0.1, 0.15) is 12.5 Å².